The summed E-state index contributed by atoms with van der Waals surface area (Å²) in [5.41, 5.74) is 0.837. The second-order valence-electron chi connectivity index (χ2n) is 5.68. The number of nitrogens with zero attached hydrogens (tertiary/aromatic N) is 1. The summed E-state index contributed by atoms with van der Waals surface area (Å²) in [4.78, 5) is 13.0. The van der Waals surface area contributed by atoms with Crippen LogP contribution >= 0.6 is 0 Å². The van der Waals surface area contributed by atoms with E-state index >= 15 is 0 Å². The molecule has 1 unspecified atom stereocenters. The maximum absolute atomic E-state index is 12.3. The Kier molecular flexibility index (Phi) is 5.93. The van der Waals surface area contributed by atoms with Gasteiger partial charge in [-0.2, -0.15) is 13.2 Å². The van der Waals surface area contributed by atoms with Gasteiger partial charge >= 0.3 is 12.1 Å². The lowest BCUT2D eigenvalue weighted by molar-refractivity contribution is -0.153. The molecule has 1 aromatic carbocycles. The van der Waals surface area contributed by atoms with Crippen LogP contribution < -0.4 is 9.47 Å². The summed E-state index contributed by atoms with van der Waals surface area (Å²) < 4.78 is 47.0. The molecule has 5 nitrogen and oxygen atoms in total. The first kappa shape index (κ1) is 18.4. The zero-order valence-corrected chi connectivity index (χ0v) is 13.3. The van der Waals surface area contributed by atoms with E-state index in [1.807, 2.05) is 4.90 Å². The molecule has 0 saturated carbocycles. The Labute approximate surface area is 138 Å². The molecule has 1 aromatic rings. The van der Waals surface area contributed by atoms with Gasteiger partial charge in [0.1, 0.15) is 0 Å². The van der Waals surface area contributed by atoms with Crippen LogP contribution in [-0.4, -0.2) is 48.5 Å². The number of ether oxygens (including phenoxy) is 2. The van der Waals surface area contributed by atoms with Crippen LogP contribution in [0.15, 0.2) is 18.2 Å². The number of hydrogen-bond acceptors (Lipinski definition) is 4. The van der Waals surface area contributed by atoms with E-state index < -0.39 is 18.8 Å². The summed E-state index contributed by atoms with van der Waals surface area (Å²) >= 11 is 0. The topological polar surface area (TPSA) is 59.0 Å². The van der Waals surface area contributed by atoms with Crippen molar-refractivity contribution in [3.8, 4) is 11.5 Å². The quantitative estimate of drug-likeness (QED) is 0.822. The van der Waals surface area contributed by atoms with Gasteiger partial charge < -0.3 is 14.6 Å². The fraction of sp³-hybridized carbons (Fsp3) is 0.562. The number of carboxylic acid groups (broad SMARTS) is 1. The second kappa shape index (κ2) is 7.74. The minimum absolute atomic E-state index is 0.0442. The Morgan fingerprint density at radius 1 is 1.33 bits per heavy atom. The number of halogens is 3. The number of hydrogen-bond donors (Lipinski definition) is 1. The highest BCUT2D eigenvalue weighted by Crippen LogP contribution is 2.31. The van der Waals surface area contributed by atoms with E-state index in [4.69, 9.17) is 14.6 Å². The van der Waals surface area contributed by atoms with E-state index in [2.05, 4.69) is 0 Å². The van der Waals surface area contributed by atoms with E-state index in [1.165, 1.54) is 6.07 Å². The van der Waals surface area contributed by atoms with Crippen LogP contribution in [0.25, 0.3) is 0 Å². The molecule has 1 aliphatic heterocycles. The van der Waals surface area contributed by atoms with Gasteiger partial charge in [-0.05, 0) is 37.6 Å². The van der Waals surface area contributed by atoms with Crippen LogP contribution in [0.5, 0.6) is 11.5 Å². The van der Waals surface area contributed by atoms with Crippen LogP contribution in [0.4, 0.5) is 13.2 Å². The van der Waals surface area contributed by atoms with Gasteiger partial charge in [-0.1, -0.05) is 6.07 Å². The molecule has 2 rings (SSSR count). The fourth-order valence-corrected chi connectivity index (χ4v) is 2.63. The first-order valence-corrected chi connectivity index (χ1v) is 7.69. The number of aliphatic carboxylic acids is 1. The van der Waals surface area contributed by atoms with Gasteiger partial charge in [0.2, 0.25) is 0 Å². The normalized spacial score (nSPS) is 18.6. The predicted octanol–water partition coefficient (Wildman–Crippen LogP) is 2.93. The Hall–Kier alpha value is -1.96. The molecule has 0 aromatic heterocycles. The van der Waals surface area contributed by atoms with E-state index in [0.717, 1.165) is 5.56 Å². The van der Waals surface area contributed by atoms with Crippen molar-refractivity contribution in [1.29, 1.82) is 0 Å². The third-order valence-corrected chi connectivity index (χ3v) is 3.73. The molecular formula is C16H20F3NO4. The van der Waals surface area contributed by atoms with Gasteiger partial charge in [0.25, 0.3) is 0 Å². The standard InChI is InChI=1S/C16H20F3NO4/c1-2-23-14-7-11(3-4-13(14)24-10-16(17,18)19)8-20-6-5-12(9-20)15(21)22/h3-4,7,12H,2,5-6,8-10H2,1H3,(H,21,22). The largest absolute Gasteiger partial charge is 0.490 e. The molecule has 1 heterocycles. The molecule has 24 heavy (non-hydrogen) atoms. The van der Waals surface area contributed by atoms with E-state index in [9.17, 15) is 18.0 Å². The van der Waals surface area contributed by atoms with Crippen molar-refractivity contribution in [2.24, 2.45) is 5.92 Å². The van der Waals surface area contributed by atoms with Crippen LogP contribution in [0, 0.1) is 5.92 Å². The molecule has 0 aliphatic carbocycles. The summed E-state index contributed by atoms with van der Waals surface area (Å²) in [7, 11) is 0. The average molecular weight is 347 g/mol. The zero-order chi connectivity index (χ0) is 17.7. The molecule has 8 heteroatoms. The Morgan fingerprint density at radius 2 is 2.08 bits per heavy atom. The maximum Gasteiger partial charge on any atom is 0.422 e. The van der Waals surface area contributed by atoms with Gasteiger partial charge in [0.15, 0.2) is 18.1 Å². The van der Waals surface area contributed by atoms with Crippen molar-refractivity contribution in [1.82, 2.24) is 4.90 Å². The van der Waals surface area contributed by atoms with E-state index in [1.54, 1.807) is 19.1 Å². The molecule has 134 valence electrons. The Balaban J connectivity index is 2.04. The number of alkyl halides is 3. The van der Waals surface area contributed by atoms with Crippen LogP contribution in [0.3, 0.4) is 0 Å². The van der Waals surface area contributed by atoms with Gasteiger partial charge in [-0.15, -0.1) is 0 Å². The van der Waals surface area contributed by atoms with Gasteiger partial charge in [0, 0.05) is 13.1 Å². The number of benzene rings is 1. The minimum atomic E-state index is -4.41. The average Bonchev–Trinajstić information content (AvgIpc) is 2.94. The fourth-order valence-electron chi connectivity index (χ4n) is 2.63. The smallest absolute Gasteiger partial charge is 0.422 e. The van der Waals surface area contributed by atoms with Crippen LogP contribution in [0.2, 0.25) is 0 Å². The highest BCUT2D eigenvalue weighted by Gasteiger charge is 2.30. The molecule has 0 radical (unpaired) electrons. The first-order chi connectivity index (χ1) is 11.3. The molecule has 0 amide bonds. The van der Waals surface area contributed by atoms with Crippen molar-refractivity contribution in [3.63, 3.8) is 0 Å². The summed E-state index contributed by atoms with van der Waals surface area (Å²) in [6.07, 6.45) is -3.82. The summed E-state index contributed by atoms with van der Waals surface area (Å²) in [6, 6.07) is 4.77. The number of likely N-dealkylation sites (tertiary alicyclic amines) is 1. The molecule has 1 atom stereocenters. The Morgan fingerprint density at radius 3 is 2.67 bits per heavy atom. The SMILES string of the molecule is CCOc1cc(CN2CCC(C(=O)O)C2)ccc1OCC(F)(F)F. The summed E-state index contributed by atoms with van der Waals surface area (Å²) in [5.74, 6) is -0.870. The lowest BCUT2D eigenvalue weighted by Gasteiger charge is -2.18. The number of carbonyl (C=O) groups is 1. The third-order valence-electron chi connectivity index (χ3n) is 3.73. The van der Waals surface area contributed by atoms with Crippen molar-refractivity contribution >= 4 is 5.97 Å². The van der Waals surface area contributed by atoms with Crippen molar-refractivity contribution in [3.05, 3.63) is 23.8 Å². The van der Waals surface area contributed by atoms with Crippen LogP contribution in [-0.2, 0) is 11.3 Å². The zero-order valence-electron chi connectivity index (χ0n) is 13.3. The van der Waals surface area contributed by atoms with Gasteiger partial charge in [-0.3, -0.25) is 9.69 Å². The van der Waals surface area contributed by atoms with E-state index in [0.29, 0.717) is 32.7 Å². The van der Waals surface area contributed by atoms with Gasteiger partial charge in [-0.25, -0.2) is 0 Å². The lowest BCUT2D eigenvalue weighted by Crippen LogP contribution is -2.23. The second-order valence-corrected chi connectivity index (χ2v) is 5.68. The molecule has 0 bridgehead atoms. The first-order valence-electron chi connectivity index (χ1n) is 7.69. The number of rotatable bonds is 7. The molecule has 1 aliphatic rings. The molecule has 0 spiro atoms. The van der Waals surface area contributed by atoms with Crippen molar-refractivity contribution < 1.29 is 32.5 Å². The minimum Gasteiger partial charge on any atom is -0.490 e. The van der Waals surface area contributed by atoms with Crippen molar-refractivity contribution in [2.45, 2.75) is 26.1 Å². The molecule has 1 fully saturated rings. The lowest BCUT2D eigenvalue weighted by atomic mass is 10.1. The highest BCUT2D eigenvalue weighted by molar-refractivity contribution is 5.70. The third kappa shape index (κ3) is 5.30. The van der Waals surface area contributed by atoms with Crippen LogP contribution in [0.1, 0.15) is 18.9 Å². The molecule has 1 saturated heterocycles. The highest BCUT2D eigenvalue weighted by atomic mass is 19.4. The Bertz CT molecular complexity index is 577. The maximum atomic E-state index is 12.3. The number of carboxylic acids is 1. The molecule has 1 N–H and O–H groups in total. The summed E-state index contributed by atoms with van der Waals surface area (Å²) in [6.45, 7) is 2.32. The van der Waals surface area contributed by atoms with Crippen molar-refractivity contribution in [2.75, 3.05) is 26.3 Å². The van der Waals surface area contributed by atoms with E-state index in [-0.39, 0.29) is 17.4 Å². The van der Waals surface area contributed by atoms with Gasteiger partial charge in [0.05, 0.1) is 12.5 Å². The monoisotopic (exact) mass is 347 g/mol. The summed E-state index contributed by atoms with van der Waals surface area (Å²) in [5, 5.41) is 9.02. The molecular weight excluding hydrogens is 327 g/mol. The predicted molar refractivity (Wildman–Crippen MR) is 80.2 cm³/mol.